The number of ether oxygens (including phenoxy) is 1. The fourth-order valence-electron chi connectivity index (χ4n) is 5.41. The summed E-state index contributed by atoms with van der Waals surface area (Å²) >= 11 is 6.37. The van der Waals surface area contributed by atoms with E-state index in [2.05, 4.69) is 16.0 Å². The molecule has 1 aromatic heterocycles. The second kappa shape index (κ2) is 14.9. The number of nitrogens with two attached hydrogens (primary N) is 1. The number of benzene rings is 2. The lowest BCUT2D eigenvalue weighted by molar-refractivity contribution is -0.147. The molecule has 2 heterocycles. The highest BCUT2D eigenvalue weighted by molar-refractivity contribution is 6.21. The Morgan fingerprint density at radius 2 is 1.79 bits per heavy atom. The molecule has 0 bridgehead atoms. The van der Waals surface area contributed by atoms with Gasteiger partial charge in [-0.2, -0.15) is 0 Å². The minimum absolute atomic E-state index is 0.00289. The lowest BCUT2D eigenvalue weighted by Gasteiger charge is -2.32. The van der Waals surface area contributed by atoms with Gasteiger partial charge in [-0.15, -0.1) is 11.6 Å². The molecule has 3 aromatic rings. The first kappa shape index (κ1) is 35.2. The molecule has 252 valence electrons. The number of alkyl halides is 1. The summed E-state index contributed by atoms with van der Waals surface area (Å²) in [5.74, 6) is -3.55. The molecule has 0 aliphatic carbocycles. The van der Waals surface area contributed by atoms with E-state index in [0.29, 0.717) is 22.3 Å². The Labute approximate surface area is 277 Å². The highest BCUT2D eigenvalue weighted by Crippen LogP contribution is 2.29. The van der Waals surface area contributed by atoms with E-state index in [1.165, 1.54) is 18.1 Å². The number of para-hydroxylation sites is 1. The van der Waals surface area contributed by atoms with Crippen molar-refractivity contribution in [2.24, 2.45) is 5.73 Å². The minimum atomic E-state index is -1.82. The zero-order valence-electron chi connectivity index (χ0n) is 26.6. The number of halogens is 1. The van der Waals surface area contributed by atoms with Gasteiger partial charge in [0.15, 0.2) is 23.2 Å². The molecule has 5 atom stereocenters. The SMILES string of the molecule is COc1cccc2cc(C(=O)N[C@@H](CC(N)=O)C(=O)N[C@@H](Cc3ccccc3)[C@H](O)C(=O)N3C[C@@H](Cl)C[C@H]3C(=O)NC(C)(C)C)oc12. The number of rotatable bonds is 12. The Hall–Kier alpha value is -4.62. The van der Waals surface area contributed by atoms with Crippen molar-refractivity contribution in [2.45, 2.75) is 75.2 Å². The first-order valence-electron chi connectivity index (χ1n) is 15.1. The normalized spacial score (nSPS) is 18.2. The number of nitrogens with one attached hydrogen (secondary N) is 3. The van der Waals surface area contributed by atoms with E-state index >= 15 is 0 Å². The van der Waals surface area contributed by atoms with E-state index in [-0.39, 0.29) is 25.1 Å². The molecule has 47 heavy (non-hydrogen) atoms. The van der Waals surface area contributed by atoms with Crippen molar-refractivity contribution in [1.29, 1.82) is 0 Å². The molecule has 0 unspecified atom stereocenters. The van der Waals surface area contributed by atoms with Crippen molar-refractivity contribution in [3.8, 4) is 5.75 Å². The van der Waals surface area contributed by atoms with E-state index in [1.807, 2.05) is 0 Å². The van der Waals surface area contributed by atoms with Crippen molar-refractivity contribution in [3.63, 3.8) is 0 Å². The Morgan fingerprint density at radius 3 is 2.43 bits per heavy atom. The molecular weight excluding hydrogens is 630 g/mol. The second-order valence-electron chi connectivity index (χ2n) is 12.5. The monoisotopic (exact) mass is 669 g/mol. The van der Waals surface area contributed by atoms with E-state index in [1.54, 1.807) is 69.3 Å². The molecule has 4 rings (SSSR count). The summed E-state index contributed by atoms with van der Waals surface area (Å²) in [5.41, 5.74) is 5.83. The molecule has 1 fully saturated rings. The summed E-state index contributed by atoms with van der Waals surface area (Å²) in [6.45, 7) is 5.42. The number of aliphatic hydroxyl groups excluding tert-OH is 1. The van der Waals surface area contributed by atoms with Crippen LogP contribution < -0.4 is 26.4 Å². The smallest absolute Gasteiger partial charge is 0.287 e. The quantitative estimate of drug-likeness (QED) is 0.180. The zero-order chi connectivity index (χ0) is 34.5. The van der Waals surface area contributed by atoms with Crippen molar-refractivity contribution < 1.29 is 38.2 Å². The Kier molecular flexibility index (Phi) is 11.1. The van der Waals surface area contributed by atoms with Gasteiger partial charge in [-0.05, 0) is 51.3 Å². The third kappa shape index (κ3) is 9.01. The number of amides is 5. The number of furan rings is 1. The number of nitrogens with zero attached hydrogens (tertiary/aromatic N) is 1. The average Bonchev–Trinajstić information content (AvgIpc) is 3.63. The summed E-state index contributed by atoms with van der Waals surface area (Å²) in [6.07, 6.45) is -2.23. The molecule has 0 radical (unpaired) electrons. The van der Waals surface area contributed by atoms with Gasteiger partial charge in [0.2, 0.25) is 17.7 Å². The maximum Gasteiger partial charge on any atom is 0.287 e. The van der Waals surface area contributed by atoms with E-state index in [4.69, 9.17) is 26.5 Å². The van der Waals surface area contributed by atoms with Gasteiger partial charge in [-0.25, -0.2) is 0 Å². The van der Waals surface area contributed by atoms with Crippen molar-refractivity contribution in [3.05, 3.63) is 65.9 Å². The molecule has 5 amide bonds. The number of likely N-dealkylation sites (tertiary alicyclic amines) is 1. The number of hydrogen-bond donors (Lipinski definition) is 5. The fourth-order valence-corrected chi connectivity index (χ4v) is 5.73. The maximum absolute atomic E-state index is 13.8. The highest BCUT2D eigenvalue weighted by atomic mass is 35.5. The van der Waals surface area contributed by atoms with Crippen LogP contribution in [-0.4, -0.2) is 88.3 Å². The Morgan fingerprint density at radius 1 is 1.09 bits per heavy atom. The molecule has 6 N–H and O–H groups in total. The van der Waals surface area contributed by atoms with Crippen LogP contribution in [0.5, 0.6) is 5.75 Å². The predicted octanol–water partition coefficient (Wildman–Crippen LogP) is 1.63. The van der Waals surface area contributed by atoms with Crippen LogP contribution in [0.15, 0.2) is 59.0 Å². The number of fused-ring (bicyclic) bond motifs is 1. The molecule has 1 aliphatic heterocycles. The molecule has 1 saturated heterocycles. The first-order chi connectivity index (χ1) is 22.2. The number of methoxy groups -OCH3 is 1. The van der Waals surface area contributed by atoms with Gasteiger partial charge in [0.1, 0.15) is 12.1 Å². The van der Waals surface area contributed by atoms with Crippen LogP contribution in [0, 0.1) is 0 Å². The predicted molar refractivity (Wildman–Crippen MR) is 174 cm³/mol. The molecule has 14 heteroatoms. The third-order valence-corrected chi connectivity index (χ3v) is 7.89. The molecule has 0 saturated carbocycles. The summed E-state index contributed by atoms with van der Waals surface area (Å²) in [4.78, 5) is 66.8. The summed E-state index contributed by atoms with van der Waals surface area (Å²) in [6, 6.07) is 11.7. The number of hydrogen-bond acceptors (Lipinski definition) is 8. The molecule has 1 aliphatic rings. The van der Waals surface area contributed by atoms with E-state index < -0.39 is 71.1 Å². The third-order valence-electron chi connectivity index (χ3n) is 7.57. The van der Waals surface area contributed by atoms with Gasteiger partial charge in [0.25, 0.3) is 11.8 Å². The van der Waals surface area contributed by atoms with Gasteiger partial charge in [-0.3, -0.25) is 24.0 Å². The van der Waals surface area contributed by atoms with Crippen LogP contribution in [-0.2, 0) is 25.6 Å². The lowest BCUT2D eigenvalue weighted by Crippen LogP contribution is -2.59. The standard InChI is InChI=1S/C33H40ClN5O8/c1-33(2,3)38-30(43)23-15-20(34)17-39(23)32(45)27(41)21(13-18-9-6-5-7-10-18)36-29(42)22(16-26(35)40)37-31(44)25-14-19-11-8-12-24(46-4)28(19)47-25/h5-12,14,20-23,27,41H,13,15-17H2,1-4H3,(H2,35,40)(H,36,42)(H,37,44)(H,38,43)/t20-,21-,22-,23-,27-/m0/s1. The van der Waals surface area contributed by atoms with Crippen LogP contribution in [0.1, 0.15) is 49.7 Å². The summed E-state index contributed by atoms with van der Waals surface area (Å²) in [7, 11) is 1.45. The Bertz CT molecular complexity index is 1620. The van der Waals surface area contributed by atoms with Crippen LogP contribution in [0.3, 0.4) is 0 Å². The van der Waals surface area contributed by atoms with E-state index in [9.17, 15) is 29.1 Å². The van der Waals surface area contributed by atoms with Gasteiger partial charge in [0.05, 0.1) is 24.9 Å². The lowest BCUT2D eigenvalue weighted by atomic mass is 9.99. The number of carbonyl (C=O) groups excluding carboxylic acids is 5. The second-order valence-corrected chi connectivity index (χ2v) is 13.1. The molecule has 13 nitrogen and oxygen atoms in total. The molecular formula is C33H40ClN5O8. The number of aliphatic hydroxyl groups is 1. The van der Waals surface area contributed by atoms with Crippen molar-refractivity contribution in [2.75, 3.05) is 13.7 Å². The largest absolute Gasteiger partial charge is 0.493 e. The summed E-state index contributed by atoms with van der Waals surface area (Å²) < 4.78 is 10.9. The average molecular weight is 670 g/mol. The van der Waals surface area contributed by atoms with Gasteiger partial charge < -0.3 is 40.8 Å². The topological polar surface area (TPSA) is 193 Å². The van der Waals surface area contributed by atoms with Crippen LogP contribution >= 0.6 is 11.6 Å². The molecule has 2 aromatic carbocycles. The van der Waals surface area contributed by atoms with Crippen LogP contribution in [0.25, 0.3) is 11.0 Å². The van der Waals surface area contributed by atoms with Crippen LogP contribution in [0.2, 0.25) is 0 Å². The summed E-state index contributed by atoms with van der Waals surface area (Å²) in [5, 5.41) is 19.4. The van der Waals surface area contributed by atoms with Crippen molar-refractivity contribution >= 4 is 52.1 Å². The highest BCUT2D eigenvalue weighted by Gasteiger charge is 2.43. The number of carbonyl (C=O) groups is 5. The fraction of sp³-hybridized carbons (Fsp3) is 0.424. The maximum atomic E-state index is 13.8. The van der Waals surface area contributed by atoms with Gasteiger partial charge >= 0.3 is 0 Å². The van der Waals surface area contributed by atoms with E-state index in [0.717, 1.165) is 0 Å². The Balaban J connectivity index is 1.57. The van der Waals surface area contributed by atoms with Gasteiger partial charge in [0, 0.05) is 17.5 Å². The van der Waals surface area contributed by atoms with Gasteiger partial charge in [-0.1, -0.05) is 42.5 Å². The zero-order valence-corrected chi connectivity index (χ0v) is 27.4. The van der Waals surface area contributed by atoms with Crippen molar-refractivity contribution in [1.82, 2.24) is 20.9 Å². The molecule has 0 spiro atoms. The number of primary amides is 1. The minimum Gasteiger partial charge on any atom is -0.493 e. The first-order valence-corrected chi connectivity index (χ1v) is 15.5. The van der Waals surface area contributed by atoms with Crippen LogP contribution in [0.4, 0.5) is 0 Å².